The number of aromatic nitrogens is 4. The van der Waals surface area contributed by atoms with E-state index < -0.39 is 0 Å². The summed E-state index contributed by atoms with van der Waals surface area (Å²) in [5.41, 5.74) is 3.56. The molecule has 2 aliphatic rings. The van der Waals surface area contributed by atoms with Crippen molar-refractivity contribution in [2.75, 3.05) is 18.0 Å². The summed E-state index contributed by atoms with van der Waals surface area (Å²) in [5, 5.41) is 15.4. The van der Waals surface area contributed by atoms with Crippen LogP contribution >= 0.6 is 0 Å². The van der Waals surface area contributed by atoms with Crippen LogP contribution in [0.2, 0.25) is 0 Å². The van der Waals surface area contributed by atoms with E-state index in [1.54, 1.807) is 0 Å². The van der Waals surface area contributed by atoms with E-state index in [4.69, 9.17) is 0 Å². The molecule has 28 heavy (non-hydrogen) atoms. The van der Waals surface area contributed by atoms with Gasteiger partial charge in [0.2, 0.25) is 11.9 Å². The summed E-state index contributed by atoms with van der Waals surface area (Å²) in [6.45, 7) is 2.30. The zero-order valence-electron chi connectivity index (χ0n) is 15.5. The number of nitrogens with zero attached hydrogens (tertiary/aromatic N) is 5. The average molecular weight is 374 g/mol. The van der Waals surface area contributed by atoms with Crippen molar-refractivity contribution in [1.82, 2.24) is 25.5 Å². The van der Waals surface area contributed by atoms with E-state index in [0.29, 0.717) is 24.9 Å². The van der Waals surface area contributed by atoms with Gasteiger partial charge in [0.15, 0.2) is 0 Å². The van der Waals surface area contributed by atoms with Crippen LogP contribution in [0.5, 0.6) is 0 Å². The molecular formula is C21H22N6O. The van der Waals surface area contributed by atoms with Gasteiger partial charge in [0.25, 0.3) is 0 Å². The van der Waals surface area contributed by atoms with Crippen LogP contribution in [-0.2, 0) is 11.3 Å². The van der Waals surface area contributed by atoms with Crippen LogP contribution in [0.25, 0.3) is 11.1 Å². The number of anilines is 1. The second kappa shape index (κ2) is 7.07. The van der Waals surface area contributed by atoms with Crippen molar-refractivity contribution in [3.63, 3.8) is 0 Å². The van der Waals surface area contributed by atoms with Gasteiger partial charge in [-0.1, -0.05) is 59.7 Å². The molecule has 2 aliphatic heterocycles. The highest BCUT2D eigenvalue weighted by atomic mass is 16.2. The summed E-state index contributed by atoms with van der Waals surface area (Å²) in [7, 11) is 0. The molecule has 5 rings (SSSR count). The second-order valence-corrected chi connectivity index (χ2v) is 7.57. The zero-order chi connectivity index (χ0) is 18.9. The Kier molecular flexibility index (Phi) is 4.27. The number of hydrogen-bond donors (Lipinski definition) is 1. The van der Waals surface area contributed by atoms with Crippen molar-refractivity contribution in [3.8, 4) is 11.1 Å². The zero-order valence-corrected chi connectivity index (χ0v) is 15.5. The van der Waals surface area contributed by atoms with E-state index in [1.807, 2.05) is 22.9 Å². The molecule has 2 saturated heterocycles. The van der Waals surface area contributed by atoms with E-state index in [0.717, 1.165) is 31.0 Å². The molecule has 3 heterocycles. The molecule has 0 spiro atoms. The average Bonchev–Trinajstić information content (AvgIpc) is 3.34. The highest BCUT2D eigenvalue weighted by molar-refractivity contribution is 5.79. The number of nitrogens with one attached hydrogen (secondary N) is 1. The maximum absolute atomic E-state index is 11.7. The molecule has 3 aromatic rings. The Bertz CT molecular complexity index is 968. The molecule has 0 saturated carbocycles. The predicted octanol–water partition coefficient (Wildman–Crippen LogP) is 2.10. The van der Waals surface area contributed by atoms with Gasteiger partial charge in [0.05, 0.1) is 6.54 Å². The normalized spacial score (nSPS) is 21.4. The van der Waals surface area contributed by atoms with E-state index in [2.05, 4.69) is 62.1 Å². The van der Waals surface area contributed by atoms with Crippen LogP contribution in [0.4, 0.5) is 5.95 Å². The summed E-state index contributed by atoms with van der Waals surface area (Å²) >= 11 is 0. The molecule has 0 aliphatic carbocycles. The highest BCUT2D eigenvalue weighted by Gasteiger charge is 2.38. The number of carbonyl (C=O) groups excluding carboxylic acids is 1. The lowest BCUT2D eigenvalue weighted by Gasteiger charge is -2.34. The Morgan fingerprint density at radius 1 is 1.04 bits per heavy atom. The highest BCUT2D eigenvalue weighted by Crippen LogP contribution is 2.28. The number of tetrazole rings is 1. The van der Waals surface area contributed by atoms with E-state index >= 15 is 0 Å². The van der Waals surface area contributed by atoms with Crippen LogP contribution in [0.15, 0.2) is 54.6 Å². The first-order chi connectivity index (χ1) is 13.8. The monoisotopic (exact) mass is 374 g/mol. The van der Waals surface area contributed by atoms with Crippen molar-refractivity contribution in [1.29, 1.82) is 0 Å². The maximum Gasteiger partial charge on any atom is 0.245 e. The third-order valence-corrected chi connectivity index (χ3v) is 5.72. The Balaban J connectivity index is 1.31. The molecule has 2 fully saturated rings. The summed E-state index contributed by atoms with van der Waals surface area (Å²) in [6, 6.07) is 19.2. The first-order valence-corrected chi connectivity index (χ1v) is 9.71. The minimum Gasteiger partial charge on any atom is -0.353 e. The Morgan fingerprint density at radius 2 is 1.82 bits per heavy atom. The summed E-state index contributed by atoms with van der Waals surface area (Å²) in [4.78, 5) is 13.9. The van der Waals surface area contributed by atoms with Crippen molar-refractivity contribution in [2.24, 2.45) is 5.92 Å². The molecular weight excluding hydrogens is 352 g/mol. The van der Waals surface area contributed by atoms with Gasteiger partial charge in [-0.2, -0.15) is 0 Å². The van der Waals surface area contributed by atoms with E-state index in [9.17, 15) is 4.79 Å². The Hall–Kier alpha value is -3.22. The molecule has 1 aromatic heterocycles. The number of fused-ring (bicyclic) bond motifs is 1. The molecule has 0 radical (unpaired) electrons. The minimum absolute atomic E-state index is 0.162. The fourth-order valence-electron chi connectivity index (χ4n) is 4.25. The minimum atomic E-state index is 0.162. The first kappa shape index (κ1) is 16.9. The van der Waals surface area contributed by atoms with Crippen LogP contribution in [0, 0.1) is 5.92 Å². The number of rotatable bonds is 4. The van der Waals surface area contributed by atoms with Gasteiger partial charge >= 0.3 is 0 Å². The Morgan fingerprint density at radius 3 is 2.64 bits per heavy atom. The summed E-state index contributed by atoms with van der Waals surface area (Å²) in [5.74, 6) is 1.29. The maximum atomic E-state index is 11.7. The fourth-order valence-corrected chi connectivity index (χ4v) is 4.25. The number of hydrogen-bond acceptors (Lipinski definition) is 5. The van der Waals surface area contributed by atoms with Gasteiger partial charge in [0, 0.05) is 31.5 Å². The molecule has 2 atom stereocenters. The van der Waals surface area contributed by atoms with Crippen molar-refractivity contribution in [3.05, 3.63) is 60.2 Å². The van der Waals surface area contributed by atoms with Crippen LogP contribution < -0.4 is 10.2 Å². The van der Waals surface area contributed by atoms with Gasteiger partial charge in [-0.25, -0.2) is 4.68 Å². The van der Waals surface area contributed by atoms with Crippen molar-refractivity contribution in [2.45, 2.75) is 25.4 Å². The topological polar surface area (TPSA) is 75.9 Å². The van der Waals surface area contributed by atoms with Gasteiger partial charge in [0.1, 0.15) is 0 Å². The summed E-state index contributed by atoms with van der Waals surface area (Å²) in [6.07, 6.45) is 1.54. The van der Waals surface area contributed by atoms with Crippen molar-refractivity contribution < 1.29 is 4.79 Å². The van der Waals surface area contributed by atoms with E-state index in [1.165, 1.54) is 11.1 Å². The van der Waals surface area contributed by atoms with Gasteiger partial charge < -0.3 is 10.2 Å². The molecule has 0 unspecified atom stereocenters. The predicted molar refractivity (Wildman–Crippen MR) is 106 cm³/mol. The smallest absolute Gasteiger partial charge is 0.245 e. The summed E-state index contributed by atoms with van der Waals surface area (Å²) < 4.78 is 1.85. The number of piperidine rings is 1. The third kappa shape index (κ3) is 3.24. The molecule has 2 aromatic carbocycles. The SMILES string of the molecule is O=C1C[C@@H]2CN(c3nnnn3Cc3ccc(-c4ccccc4)cc3)CC[C@@H]2N1. The lowest BCUT2D eigenvalue weighted by atomic mass is 9.93. The number of amides is 1. The van der Waals surface area contributed by atoms with Gasteiger partial charge in [-0.15, -0.1) is 0 Å². The van der Waals surface area contributed by atoms with Crippen LogP contribution in [-0.4, -0.2) is 45.2 Å². The molecule has 7 heteroatoms. The molecule has 1 N–H and O–H groups in total. The fraction of sp³-hybridized carbons (Fsp3) is 0.333. The molecule has 7 nitrogen and oxygen atoms in total. The lowest BCUT2D eigenvalue weighted by Crippen LogP contribution is -2.45. The number of benzene rings is 2. The third-order valence-electron chi connectivity index (χ3n) is 5.72. The Labute approximate surface area is 163 Å². The second-order valence-electron chi connectivity index (χ2n) is 7.57. The molecule has 0 bridgehead atoms. The van der Waals surface area contributed by atoms with Crippen LogP contribution in [0.1, 0.15) is 18.4 Å². The first-order valence-electron chi connectivity index (χ1n) is 9.71. The molecule has 142 valence electrons. The van der Waals surface area contributed by atoms with Crippen molar-refractivity contribution >= 4 is 11.9 Å². The van der Waals surface area contributed by atoms with E-state index in [-0.39, 0.29) is 5.91 Å². The quantitative estimate of drug-likeness (QED) is 0.757. The van der Waals surface area contributed by atoms with Gasteiger partial charge in [-0.05, 0) is 33.5 Å². The standard InChI is InChI=1S/C21H22N6O/c28-20-12-18-14-26(11-10-19(18)22-20)21-23-24-25-27(21)13-15-6-8-17(9-7-15)16-4-2-1-3-5-16/h1-9,18-19H,10-14H2,(H,22,28)/t18-,19+/m1/s1. The largest absolute Gasteiger partial charge is 0.353 e. The lowest BCUT2D eigenvalue weighted by molar-refractivity contribution is -0.119. The van der Waals surface area contributed by atoms with Crippen LogP contribution in [0.3, 0.4) is 0 Å². The van der Waals surface area contributed by atoms with Gasteiger partial charge in [-0.3, -0.25) is 4.79 Å². The number of carbonyl (C=O) groups is 1. The molecule has 1 amide bonds.